The molecule has 0 aliphatic carbocycles. The topological polar surface area (TPSA) is 74.3 Å². The number of nitrogens with zero attached hydrogens (tertiary/aromatic N) is 4. The van der Waals surface area contributed by atoms with Gasteiger partial charge in [0.15, 0.2) is 11.6 Å². The zero-order chi connectivity index (χ0) is 17.2. The first-order valence-corrected chi connectivity index (χ1v) is 8.85. The molecule has 7 heteroatoms. The van der Waals surface area contributed by atoms with E-state index >= 15 is 0 Å². The maximum absolute atomic E-state index is 12.1. The molecule has 2 aromatic heterocycles. The monoisotopic (exact) mass is 341 g/mol. The van der Waals surface area contributed by atoms with Crippen LogP contribution in [-0.4, -0.2) is 48.2 Å². The highest BCUT2D eigenvalue weighted by molar-refractivity contribution is 5.53. The van der Waals surface area contributed by atoms with E-state index in [4.69, 9.17) is 9.72 Å². The summed E-state index contributed by atoms with van der Waals surface area (Å²) in [5.41, 5.74) is 0.809. The van der Waals surface area contributed by atoms with Gasteiger partial charge in [0.1, 0.15) is 0 Å². The van der Waals surface area contributed by atoms with Gasteiger partial charge in [0.25, 0.3) is 5.56 Å². The van der Waals surface area contributed by atoms with Crippen LogP contribution in [0.5, 0.6) is 5.75 Å². The van der Waals surface area contributed by atoms with Crippen molar-refractivity contribution in [2.24, 2.45) is 0 Å². The third-order valence-electron chi connectivity index (χ3n) is 5.03. The van der Waals surface area contributed by atoms with Gasteiger partial charge in [-0.25, -0.2) is 9.97 Å². The molecule has 0 amide bonds. The quantitative estimate of drug-likeness (QED) is 0.913. The molecule has 4 heterocycles. The Morgan fingerprint density at radius 2 is 2.08 bits per heavy atom. The van der Waals surface area contributed by atoms with Crippen LogP contribution in [0.25, 0.3) is 0 Å². The minimum absolute atomic E-state index is 0.0687. The number of rotatable bonds is 4. The number of H-pyrrole nitrogens is 1. The summed E-state index contributed by atoms with van der Waals surface area (Å²) in [6.07, 6.45) is 5.05. The minimum Gasteiger partial charge on any atom is -0.493 e. The van der Waals surface area contributed by atoms with Crippen LogP contribution in [0, 0.1) is 0 Å². The fourth-order valence-corrected chi connectivity index (χ4v) is 3.72. The molecule has 2 aliphatic heterocycles. The summed E-state index contributed by atoms with van der Waals surface area (Å²) in [5, 5.41) is 0. The number of nitrogens with one attached hydrogen (secondary N) is 1. The van der Waals surface area contributed by atoms with Crippen molar-refractivity contribution < 1.29 is 4.74 Å². The number of aromatic amines is 1. The zero-order valence-electron chi connectivity index (χ0n) is 14.4. The number of hydrogen-bond acceptors (Lipinski definition) is 6. The standard InChI is InChI=1S/C18H23N5O2/c1-25-15-5-4-7-19-17(15)23-10-6-13(12-23)14-11-16(24)21-18(20-14)22-8-2-3-9-22/h4-5,7,11,13H,2-3,6,8-10,12H2,1H3,(H,20,21,24). The highest BCUT2D eigenvalue weighted by Crippen LogP contribution is 2.33. The Morgan fingerprint density at radius 1 is 1.24 bits per heavy atom. The van der Waals surface area contributed by atoms with Gasteiger partial charge in [-0.3, -0.25) is 9.78 Å². The summed E-state index contributed by atoms with van der Waals surface area (Å²) in [6, 6.07) is 5.44. The molecule has 1 N–H and O–H groups in total. The van der Waals surface area contributed by atoms with Crippen molar-refractivity contribution in [3.05, 3.63) is 40.4 Å². The van der Waals surface area contributed by atoms with Crippen LogP contribution in [-0.2, 0) is 0 Å². The predicted molar refractivity (Wildman–Crippen MR) is 96.7 cm³/mol. The molecule has 25 heavy (non-hydrogen) atoms. The fourth-order valence-electron chi connectivity index (χ4n) is 3.72. The highest BCUT2D eigenvalue weighted by Gasteiger charge is 2.28. The number of hydrogen-bond donors (Lipinski definition) is 1. The molecule has 7 nitrogen and oxygen atoms in total. The van der Waals surface area contributed by atoms with Gasteiger partial charge in [-0.1, -0.05) is 0 Å². The van der Waals surface area contributed by atoms with Crippen molar-refractivity contribution in [1.29, 1.82) is 0 Å². The summed E-state index contributed by atoms with van der Waals surface area (Å²) >= 11 is 0. The molecule has 2 aromatic rings. The first-order valence-electron chi connectivity index (χ1n) is 8.85. The van der Waals surface area contributed by atoms with E-state index in [1.807, 2.05) is 12.1 Å². The lowest BCUT2D eigenvalue weighted by atomic mass is 10.1. The molecule has 132 valence electrons. The average Bonchev–Trinajstić information content (AvgIpc) is 3.33. The third-order valence-corrected chi connectivity index (χ3v) is 5.03. The number of pyridine rings is 1. The van der Waals surface area contributed by atoms with Gasteiger partial charge in [-0.05, 0) is 31.4 Å². The van der Waals surface area contributed by atoms with Gasteiger partial charge < -0.3 is 14.5 Å². The number of anilines is 2. The lowest BCUT2D eigenvalue weighted by Crippen LogP contribution is -2.26. The van der Waals surface area contributed by atoms with Gasteiger partial charge in [-0.15, -0.1) is 0 Å². The largest absolute Gasteiger partial charge is 0.493 e. The van der Waals surface area contributed by atoms with Crippen LogP contribution in [0.3, 0.4) is 0 Å². The molecular formula is C18H23N5O2. The van der Waals surface area contributed by atoms with E-state index in [0.717, 1.165) is 62.7 Å². The second-order valence-corrected chi connectivity index (χ2v) is 6.65. The highest BCUT2D eigenvalue weighted by atomic mass is 16.5. The number of methoxy groups -OCH3 is 1. The first-order chi connectivity index (χ1) is 12.2. The molecular weight excluding hydrogens is 318 g/mol. The van der Waals surface area contributed by atoms with Crippen LogP contribution in [0.4, 0.5) is 11.8 Å². The second kappa shape index (κ2) is 6.74. The van der Waals surface area contributed by atoms with Gasteiger partial charge in [0, 0.05) is 44.4 Å². The lowest BCUT2D eigenvalue weighted by molar-refractivity contribution is 0.413. The second-order valence-electron chi connectivity index (χ2n) is 6.65. The van der Waals surface area contributed by atoms with Gasteiger partial charge in [-0.2, -0.15) is 0 Å². The van der Waals surface area contributed by atoms with E-state index in [1.54, 1.807) is 19.4 Å². The van der Waals surface area contributed by atoms with Crippen molar-refractivity contribution in [2.75, 3.05) is 43.1 Å². The number of aromatic nitrogens is 3. The molecule has 0 aromatic carbocycles. The smallest absolute Gasteiger partial charge is 0.252 e. The van der Waals surface area contributed by atoms with E-state index in [2.05, 4.69) is 19.8 Å². The lowest BCUT2D eigenvalue weighted by Gasteiger charge is -2.20. The van der Waals surface area contributed by atoms with Crippen LogP contribution in [0.15, 0.2) is 29.2 Å². The molecule has 0 radical (unpaired) electrons. The van der Waals surface area contributed by atoms with Crippen LogP contribution in [0.2, 0.25) is 0 Å². The predicted octanol–water partition coefficient (Wildman–Crippen LogP) is 1.77. The first kappa shape index (κ1) is 15.9. The summed E-state index contributed by atoms with van der Waals surface area (Å²) < 4.78 is 5.42. The van der Waals surface area contributed by atoms with E-state index in [1.165, 1.54) is 0 Å². The zero-order valence-corrected chi connectivity index (χ0v) is 14.4. The molecule has 2 aliphatic rings. The maximum atomic E-state index is 12.1. The fraction of sp³-hybridized carbons (Fsp3) is 0.500. The Kier molecular flexibility index (Phi) is 4.29. The third kappa shape index (κ3) is 3.18. The molecule has 0 spiro atoms. The summed E-state index contributed by atoms with van der Waals surface area (Å²) in [7, 11) is 1.66. The van der Waals surface area contributed by atoms with Crippen molar-refractivity contribution in [3.8, 4) is 5.75 Å². The van der Waals surface area contributed by atoms with Crippen molar-refractivity contribution in [3.63, 3.8) is 0 Å². The Morgan fingerprint density at radius 3 is 2.88 bits per heavy atom. The molecule has 0 saturated carbocycles. The van der Waals surface area contributed by atoms with Gasteiger partial charge in [0.2, 0.25) is 5.95 Å². The van der Waals surface area contributed by atoms with Crippen molar-refractivity contribution >= 4 is 11.8 Å². The van der Waals surface area contributed by atoms with E-state index in [0.29, 0.717) is 5.95 Å². The summed E-state index contributed by atoms with van der Waals surface area (Å²) in [6.45, 7) is 3.61. The Bertz CT molecular complexity index is 800. The average molecular weight is 341 g/mol. The summed E-state index contributed by atoms with van der Waals surface area (Å²) in [5.74, 6) is 2.58. The Hall–Kier alpha value is -2.57. The van der Waals surface area contributed by atoms with Gasteiger partial charge >= 0.3 is 0 Å². The SMILES string of the molecule is COc1cccnc1N1CCC(c2cc(=O)[nH]c(N3CCCC3)n2)C1. The van der Waals surface area contributed by atoms with E-state index in [-0.39, 0.29) is 11.5 Å². The van der Waals surface area contributed by atoms with Crippen LogP contribution < -0.4 is 20.1 Å². The Labute approximate surface area is 146 Å². The normalized spacial score (nSPS) is 20.3. The van der Waals surface area contributed by atoms with E-state index in [9.17, 15) is 4.79 Å². The Balaban J connectivity index is 1.56. The maximum Gasteiger partial charge on any atom is 0.252 e. The number of ether oxygens (including phenoxy) is 1. The molecule has 0 bridgehead atoms. The molecule has 2 fully saturated rings. The van der Waals surface area contributed by atoms with Crippen LogP contribution in [0.1, 0.15) is 30.9 Å². The van der Waals surface area contributed by atoms with Crippen molar-refractivity contribution in [2.45, 2.75) is 25.2 Å². The summed E-state index contributed by atoms with van der Waals surface area (Å²) in [4.78, 5) is 28.6. The molecule has 1 atom stereocenters. The van der Waals surface area contributed by atoms with Gasteiger partial charge in [0.05, 0.1) is 12.8 Å². The molecule has 1 unspecified atom stereocenters. The minimum atomic E-state index is -0.0687. The van der Waals surface area contributed by atoms with E-state index < -0.39 is 0 Å². The van der Waals surface area contributed by atoms with Crippen molar-refractivity contribution in [1.82, 2.24) is 15.0 Å². The molecule has 2 saturated heterocycles. The molecule has 4 rings (SSSR count). The van der Waals surface area contributed by atoms with Crippen LogP contribution >= 0.6 is 0 Å².